The maximum atomic E-state index is 12.9. The second kappa shape index (κ2) is 10.2. The van der Waals surface area contributed by atoms with Crippen LogP contribution in [0, 0.1) is 11.8 Å². The summed E-state index contributed by atoms with van der Waals surface area (Å²) in [6.07, 6.45) is 0. The summed E-state index contributed by atoms with van der Waals surface area (Å²) in [7, 11) is 1.32. The summed E-state index contributed by atoms with van der Waals surface area (Å²) in [4.78, 5) is 38.6. The normalized spacial score (nSPS) is 13.0. The van der Waals surface area contributed by atoms with Gasteiger partial charge in [-0.3, -0.25) is 14.4 Å². The molecule has 0 heterocycles. The van der Waals surface area contributed by atoms with Gasteiger partial charge in [0.05, 0.1) is 13.0 Å². The highest BCUT2D eigenvalue weighted by Crippen LogP contribution is 2.13. The Morgan fingerprint density at radius 1 is 1.15 bits per heavy atom. The summed E-state index contributed by atoms with van der Waals surface area (Å²) in [5, 5.41) is 3.33. The maximum Gasteiger partial charge on any atom is 0.310 e. The first kappa shape index (κ1) is 22.0. The average molecular weight is 383 g/mol. The Morgan fingerprint density at radius 3 is 2.19 bits per heavy atom. The Labute approximate surface area is 159 Å². The highest BCUT2D eigenvalue weighted by molar-refractivity contribution is 6.30. The van der Waals surface area contributed by atoms with Crippen LogP contribution >= 0.6 is 11.6 Å². The number of esters is 1. The van der Waals surface area contributed by atoms with Crippen LogP contribution in [-0.4, -0.2) is 48.9 Å². The van der Waals surface area contributed by atoms with Crippen LogP contribution in [-0.2, 0) is 14.3 Å². The molecule has 0 spiro atoms. The number of methoxy groups -OCH3 is 1. The first-order valence-corrected chi connectivity index (χ1v) is 9.02. The van der Waals surface area contributed by atoms with Crippen LogP contribution < -0.4 is 5.32 Å². The standard InChI is InChI=1S/C19H27ClN2O4/c1-6-22(11-13(4)19(25)26-5)18(24)16(12(2)3)21-17(23)14-7-9-15(20)10-8-14/h7-10,12-13,16H,6,11H2,1-5H3,(H,21,23). The molecule has 1 rings (SSSR count). The lowest BCUT2D eigenvalue weighted by Crippen LogP contribution is -2.52. The van der Waals surface area contributed by atoms with Gasteiger partial charge in [-0.15, -0.1) is 0 Å². The van der Waals surface area contributed by atoms with E-state index in [9.17, 15) is 14.4 Å². The van der Waals surface area contributed by atoms with Gasteiger partial charge in [0.2, 0.25) is 5.91 Å². The minimum atomic E-state index is -0.692. The van der Waals surface area contributed by atoms with Gasteiger partial charge in [-0.25, -0.2) is 0 Å². The van der Waals surface area contributed by atoms with Gasteiger partial charge in [0.1, 0.15) is 6.04 Å². The molecule has 0 aliphatic heterocycles. The number of benzene rings is 1. The fourth-order valence-electron chi connectivity index (χ4n) is 2.52. The Balaban J connectivity index is 2.89. The lowest BCUT2D eigenvalue weighted by molar-refractivity contribution is -0.146. The van der Waals surface area contributed by atoms with Crippen LogP contribution in [0.1, 0.15) is 38.1 Å². The van der Waals surface area contributed by atoms with E-state index in [2.05, 4.69) is 5.32 Å². The van der Waals surface area contributed by atoms with Crippen molar-refractivity contribution in [2.24, 2.45) is 11.8 Å². The molecule has 144 valence electrons. The van der Waals surface area contributed by atoms with E-state index in [4.69, 9.17) is 16.3 Å². The number of nitrogens with one attached hydrogen (secondary N) is 1. The zero-order chi connectivity index (χ0) is 19.9. The second-order valence-electron chi connectivity index (χ2n) is 6.50. The van der Waals surface area contributed by atoms with Crippen LogP contribution in [0.25, 0.3) is 0 Å². The van der Waals surface area contributed by atoms with E-state index in [1.54, 1.807) is 36.1 Å². The van der Waals surface area contributed by atoms with Crippen molar-refractivity contribution in [1.82, 2.24) is 10.2 Å². The molecule has 0 aliphatic carbocycles. The van der Waals surface area contributed by atoms with Crippen molar-refractivity contribution in [3.8, 4) is 0 Å². The molecule has 0 saturated carbocycles. The second-order valence-corrected chi connectivity index (χ2v) is 6.94. The van der Waals surface area contributed by atoms with Gasteiger partial charge in [0.25, 0.3) is 5.91 Å². The molecule has 2 amide bonds. The van der Waals surface area contributed by atoms with Crippen LogP contribution in [0.15, 0.2) is 24.3 Å². The molecule has 0 radical (unpaired) electrons. The van der Waals surface area contributed by atoms with E-state index in [1.807, 2.05) is 20.8 Å². The Kier molecular flexibility index (Phi) is 8.58. The zero-order valence-corrected chi connectivity index (χ0v) is 16.7. The van der Waals surface area contributed by atoms with Gasteiger partial charge < -0.3 is 15.0 Å². The molecule has 7 heteroatoms. The van der Waals surface area contributed by atoms with Gasteiger partial charge in [0, 0.05) is 23.7 Å². The number of amides is 2. The average Bonchev–Trinajstić information content (AvgIpc) is 2.62. The minimum absolute atomic E-state index is 0.110. The van der Waals surface area contributed by atoms with Gasteiger partial charge in [-0.05, 0) is 37.1 Å². The predicted molar refractivity (Wildman–Crippen MR) is 101 cm³/mol. The minimum Gasteiger partial charge on any atom is -0.469 e. The third kappa shape index (κ3) is 6.02. The monoisotopic (exact) mass is 382 g/mol. The number of rotatable bonds is 8. The smallest absolute Gasteiger partial charge is 0.310 e. The Hall–Kier alpha value is -2.08. The summed E-state index contributed by atoms with van der Waals surface area (Å²) in [6, 6.07) is 5.77. The van der Waals surface area contributed by atoms with Crippen molar-refractivity contribution >= 4 is 29.4 Å². The number of carbonyl (C=O) groups is 3. The number of hydrogen-bond donors (Lipinski definition) is 1. The molecule has 0 fully saturated rings. The summed E-state index contributed by atoms with van der Waals surface area (Å²) in [5.74, 6) is -1.49. The van der Waals surface area contributed by atoms with E-state index in [0.717, 1.165) is 0 Å². The third-order valence-corrected chi connectivity index (χ3v) is 4.37. The molecular weight excluding hydrogens is 356 g/mol. The van der Waals surface area contributed by atoms with Crippen molar-refractivity contribution in [3.05, 3.63) is 34.9 Å². The van der Waals surface area contributed by atoms with Crippen LogP contribution in [0.4, 0.5) is 0 Å². The van der Waals surface area contributed by atoms with E-state index in [-0.39, 0.29) is 30.2 Å². The number of likely N-dealkylation sites (N-methyl/N-ethyl adjacent to an activating group) is 1. The molecule has 1 aromatic rings. The third-order valence-electron chi connectivity index (χ3n) is 4.12. The fraction of sp³-hybridized carbons (Fsp3) is 0.526. The largest absolute Gasteiger partial charge is 0.469 e. The zero-order valence-electron chi connectivity index (χ0n) is 15.9. The maximum absolute atomic E-state index is 12.9. The van der Waals surface area contributed by atoms with Gasteiger partial charge in [-0.1, -0.05) is 32.4 Å². The lowest BCUT2D eigenvalue weighted by Gasteiger charge is -2.30. The van der Waals surface area contributed by atoms with Crippen LogP contribution in [0.5, 0.6) is 0 Å². The number of halogens is 1. The molecule has 0 saturated heterocycles. The van der Waals surface area contributed by atoms with Gasteiger partial charge >= 0.3 is 5.97 Å². The lowest BCUT2D eigenvalue weighted by atomic mass is 10.0. The number of hydrogen-bond acceptors (Lipinski definition) is 4. The topological polar surface area (TPSA) is 75.7 Å². The van der Waals surface area contributed by atoms with Gasteiger partial charge in [0.15, 0.2) is 0 Å². The predicted octanol–water partition coefficient (Wildman–Crippen LogP) is 2.75. The summed E-state index contributed by atoms with van der Waals surface area (Å²) < 4.78 is 4.72. The van der Waals surface area contributed by atoms with Gasteiger partial charge in [-0.2, -0.15) is 0 Å². The van der Waals surface area contributed by atoms with E-state index in [1.165, 1.54) is 7.11 Å². The van der Waals surface area contributed by atoms with E-state index < -0.39 is 12.0 Å². The molecule has 2 unspecified atom stereocenters. The molecule has 6 nitrogen and oxygen atoms in total. The molecule has 1 aromatic carbocycles. The molecule has 0 aromatic heterocycles. The summed E-state index contributed by atoms with van der Waals surface area (Å²) in [5.41, 5.74) is 0.429. The SMILES string of the molecule is CCN(CC(C)C(=O)OC)C(=O)C(NC(=O)c1ccc(Cl)cc1)C(C)C. The van der Waals surface area contributed by atoms with Crippen molar-refractivity contribution in [3.63, 3.8) is 0 Å². The highest BCUT2D eigenvalue weighted by atomic mass is 35.5. The van der Waals surface area contributed by atoms with Crippen LogP contribution in [0.3, 0.4) is 0 Å². The van der Waals surface area contributed by atoms with Crippen molar-refractivity contribution in [2.45, 2.75) is 33.7 Å². The quantitative estimate of drug-likeness (QED) is 0.701. The first-order chi connectivity index (χ1) is 12.2. The van der Waals surface area contributed by atoms with E-state index >= 15 is 0 Å². The van der Waals surface area contributed by atoms with Crippen LogP contribution in [0.2, 0.25) is 5.02 Å². The Bertz CT molecular complexity index is 631. The first-order valence-electron chi connectivity index (χ1n) is 8.64. The molecular formula is C19H27ClN2O4. The number of carbonyl (C=O) groups excluding carboxylic acids is 3. The fourth-order valence-corrected chi connectivity index (χ4v) is 2.64. The molecule has 1 N–H and O–H groups in total. The highest BCUT2D eigenvalue weighted by Gasteiger charge is 2.30. The molecule has 0 aliphatic rings. The molecule has 0 bridgehead atoms. The number of ether oxygens (including phenoxy) is 1. The summed E-state index contributed by atoms with van der Waals surface area (Å²) >= 11 is 5.84. The molecule has 26 heavy (non-hydrogen) atoms. The number of nitrogens with zero attached hydrogens (tertiary/aromatic N) is 1. The molecule has 2 atom stereocenters. The van der Waals surface area contributed by atoms with Crippen molar-refractivity contribution in [2.75, 3.05) is 20.2 Å². The summed E-state index contributed by atoms with van der Waals surface area (Å²) in [6.45, 7) is 7.94. The Morgan fingerprint density at radius 2 is 1.73 bits per heavy atom. The van der Waals surface area contributed by atoms with Crippen molar-refractivity contribution < 1.29 is 19.1 Å². The van der Waals surface area contributed by atoms with E-state index in [0.29, 0.717) is 17.1 Å². The van der Waals surface area contributed by atoms with Crippen molar-refractivity contribution in [1.29, 1.82) is 0 Å².